The fraction of sp³-hybridized carbons (Fsp3) is 0.143. The van der Waals surface area contributed by atoms with Gasteiger partial charge < -0.3 is 0 Å². The van der Waals surface area contributed by atoms with Crippen molar-refractivity contribution in [2.75, 3.05) is 7.05 Å². The average molecular weight is 488 g/mol. The molecule has 3 aromatic rings. The van der Waals surface area contributed by atoms with Crippen molar-refractivity contribution in [3.63, 3.8) is 0 Å². The summed E-state index contributed by atoms with van der Waals surface area (Å²) >= 11 is 18.4. The normalized spacial score (nSPS) is 16.2. The first kappa shape index (κ1) is 22.0. The predicted molar refractivity (Wildman–Crippen MR) is 118 cm³/mol. The molecule has 0 N–H and O–H groups in total. The van der Waals surface area contributed by atoms with Crippen LogP contribution >= 0.6 is 34.8 Å². The van der Waals surface area contributed by atoms with Crippen LogP contribution in [0.4, 0.5) is 0 Å². The number of nitrogens with zero attached hydrogens (tertiary/aromatic N) is 6. The van der Waals surface area contributed by atoms with Gasteiger partial charge in [-0.15, -0.1) is 4.99 Å². The van der Waals surface area contributed by atoms with Gasteiger partial charge in [0.2, 0.25) is 12.1 Å². The van der Waals surface area contributed by atoms with Crippen molar-refractivity contribution < 1.29 is 9.59 Å². The van der Waals surface area contributed by atoms with Crippen LogP contribution in [0.15, 0.2) is 47.5 Å². The first-order valence-corrected chi connectivity index (χ1v) is 10.4. The summed E-state index contributed by atoms with van der Waals surface area (Å²) in [6, 6.07) is 12.1. The Morgan fingerprint density at radius 2 is 1.78 bits per heavy atom. The van der Waals surface area contributed by atoms with Gasteiger partial charge in [0.25, 0.3) is 11.5 Å². The molecule has 0 bridgehead atoms. The molecule has 0 saturated carbocycles. The summed E-state index contributed by atoms with van der Waals surface area (Å²) in [5, 5.41) is 14.1. The third-order valence-corrected chi connectivity index (χ3v) is 5.99. The van der Waals surface area contributed by atoms with Crippen molar-refractivity contribution in [2.24, 2.45) is 4.99 Å². The Morgan fingerprint density at radius 1 is 1.09 bits per heavy atom. The summed E-state index contributed by atoms with van der Waals surface area (Å²) in [4.78, 5) is 35.0. The summed E-state index contributed by atoms with van der Waals surface area (Å²) in [7, 11) is 1.39. The van der Waals surface area contributed by atoms with Crippen molar-refractivity contribution in [1.82, 2.24) is 19.7 Å². The molecule has 2 aromatic carbocycles. The van der Waals surface area contributed by atoms with Gasteiger partial charge in [-0.1, -0.05) is 65.1 Å². The van der Waals surface area contributed by atoms with Crippen LogP contribution in [0.2, 0.25) is 15.1 Å². The van der Waals surface area contributed by atoms with Gasteiger partial charge in [0.1, 0.15) is 0 Å². The molecule has 0 radical (unpaired) electrons. The Balaban J connectivity index is 1.96. The van der Waals surface area contributed by atoms with Crippen LogP contribution < -0.4 is 5.62 Å². The molecule has 11 heteroatoms. The minimum atomic E-state index is -0.783. The monoisotopic (exact) mass is 486 g/mol. The topological polar surface area (TPSA) is 104 Å². The van der Waals surface area contributed by atoms with Gasteiger partial charge in [0.15, 0.2) is 5.69 Å². The molecule has 4 rings (SSSR count). The number of amides is 2. The van der Waals surface area contributed by atoms with E-state index in [1.165, 1.54) is 19.2 Å². The molecule has 0 aliphatic carbocycles. The van der Waals surface area contributed by atoms with E-state index in [1.807, 2.05) is 30.3 Å². The summed E-state index contributed by atoms with van der Waals surface area (Å²) in [6.07, 6.45) is 1.96. The summed E-state index contributed by atoms with van der Waals surface area (Å²) in [6.45, 7) is 0. The first-order chi connectivity index (χ1) is 15.3. The molecule has 0 fully saturated rings. The van der Waals surface area contributed by atoms with Crippen LogP contribution in [0.1, 0.15) is 27.7 Å². The largest absolute Gasteiger partial charge is 0.282 e. The van der Waals surface area contributed by atoms with Crippen LogP contribution in [-0.2, 0) is 11.2 Å². The molecule has 1 unspecified atom stereocenters. The number of aromatic nitrogens is 3. The number of benzene rings is 2. The zero-order chi connectivity index (χ0) is 23.0. The fourth-order valence-electron chi connectivity index (χ4n) is 3.40. The Hall–Kier alpha value is -3.25. The molecule has 0 spiro atoms. The van der Waals surface area contributed by atoms with E-state index in [2.05, 4.69) is 15.1 Å². The number of hydrogen-bond donors (Lipinski definition) is 0. The summed E-state index contributed by atoms with van der Waals surface area (Å²) < 4.78 is 1.13. The maximum Gasteiger partial charge on any atom is 0.282 e. The second-order valence-electron chi connectivity index (χ2n) is 6.93. The van der Waals surface area contributed by atoms with E-state index in [4.69, 9.17) is 34.8 Å². The van der Waals surface area contributed by atoms with E-state index in [-0.39, 0.29) is 37.8 Å². The number of rotatable bonds is 3. The summed E-state index contributed by atoms with van der Waals surface area (Å²) in [5.41, 5.74) is 1.03. The zero-order valence-corrected chi connectivity index (χ0v) is 18.7. The lowest BCUT2D eigenvalue weighted by molar-refractivity contribution is -0.129. The van der Waals surface area contributed by atoms with E-state index >= 15 is 0 Å². The molecule has 1 atom stereocenters. The number of fused-ring (bicyclic) bond motifs is 1. The molecule has 1 aliphatic heterocycles. The molecular formula is C21H13Cl3N6O2. The number of imide groups is 1. The van der Waals surface area contributed by atoms with Gasteiger partial charge in [-0.3, -0.25) is 14.5 Å². The average Bonchev–Trinajstić information content (AvgIpc) is 2.78. The maximum atomic E-state index is 12.9. The Morgan fingerprint density at radius 3 is 2.47 bits per heavy atom. The third-order valence-electron chi connectivity index (χ3n) is 4.97. The second-order valence-corrected chi connectivity index (χ2v) is 8.15. The highest BCUT2D eigenvalue weighted by Crippen LogP contribution is 2.32. The first-order valence-electron chi connectivity index (χ1n) is 9.26. The molecule has 2 amide bonds. The van der Waals surface area contributed by atoms with Gasteiger partial charge in [0, 0.05) is 7.05 Å². The molecule has 32 heavy (non-hydrogen) atoms. The Kier molecular flexibility index (Phi) is 5.98. The summed E-state index contributed by atoms with van der Waals surface area (Å²) in [5.74, 6) is -1.83. The number of hydrogen-bond acceptors (Lipinski definition) is 6. The molecule has 1 aromatic heterocycles. The highest BCUT2D eigenvalue weighted by Gasteiger charge is 2.40. The van der Waals surface area contributed by atoms with Crippen LogP contribution in [-0.4, -0.2) is 38.5 Å². The molecule has 1 aliphatic rings. The Bertz CT molecular complexity index is 1360. The van der Waals surface area contributed by atoms with Gasteiger partial charge in [-0.05, 0) is 24.1 Å². The van der Waals surface area contributed by atoms with E-state index in [0.29, 0.717) is 6.42 Å². The quantitative estimate of drug-likeness (QED) is 0.319. The molecule has 160 valence electrons. The van der Waals surface area contributed by atoms with Crippen molar-refractivity contribution in [3.05, 3.63) is 80.1 Å². The van der Waals surface area contributed by atoms with Gasteiger partial charge >= 0.3 is 0 Å². The predicted octanol–water partition coefficient (Wildman–Crippen LogP) is 3.55. The van der Waals surface area contributed by atoms with Crippen LogP contribution in [0.3, 0.4) is 0 Å². The van der Waals surface area contributed by atoms with Crippen LogP contribution in [0.25, 0.3) is 5.69 Å². The molecule has 2 heterocycles. The van der Waals surface area contributed by atoms with Crippen molar-refractivity contribution in [3.8, 4) is 11.9 Å². The number of likely N-dealkylation sites (N-methyl/N-ethyl adjacent to an activating group) is 1. The van der Waals surface area contributed by atoms with E-state index < -0.39 is 17.7 Å². The SMILES string of the molecule is CN1C(=O)c2nn(-c3cc(Cl)c(Cl)cc3Cl)c(=NC#N)nc2C(Cc2ccccc2)C1=O. The van der Waals surface area contributed by atoms with E-state index in [0.717, 1.165) is 15.1 Å². The van der Waals surface area contributed by atoms with Crippen LogP contribution in [0.5, 0.6) is 0 Å². The molecule has 0 saturated heterocycles. The van der Waals surface area contributed by atoms with Gasteiger partial charge in [0.05, 0.1) is 32.4 Å². The fourth-order valence-corrected chi connectivity index (χ4v) is 4.02. The Labute approximate surface area is 197 Å². The second kappa shape index (κ2) is 8.71. The molecular weight excluding hydrogens is 475 g/mol. The standard InChI is InChI=1S/C21H13Cl3N6O2/c1-29-19(31)12(7-11-5-3-2-4-6-11)17-18(20(29)32)28-30(21(27-17)26-10-25)16-9-14(23)13(22)8-15(16)24/h2-6,8-9,12H,7H2,1H3. The highest BCUT2D eigenvalue weighted by atomic mass is 35.5. The maximum absolute atomic E-state index is 12.9. The smallest absolute Gasteiger partial charge is 0.280 e. The third kappa shape index (κ3) is 3.86. The minimum Gasteiger partial charge on any atom is -0.280 e. The van der Waals surface area contributed by atoms with Crippen LogP contribution in [0, 0.1) is 11.5 Å². The van der Waals surface area contributed by atoms with Gasteiger partial charge in [-0.2, -0.15) is 15.0 Å². The minimum absolute atomic E-state index is 0.0490. The zero-order valence-electron chi connectivity index (χ0n) is 16.5. The van der Waals surface area contributed by atoms with E-state index in [1.54, 1.807) is 6.19 Å². The lowest BCUT2D eigenvalue weighted by Gasteiger charge is -2.29. The molecule has 8 nitrogen and oxygen atoms in total. The lowest BCUT2D eigenvalue weighted by atomic mass is 9.90. The van der Waals surface area contributed by atoms with Gasteiger partial charge in [-0.25, -0.2) is 4.98 Å². The number of carbonyl (C=O) groups is 2. The van der Waals surface area contributed by atoms with Crippen molar-refractivity contribution >= 4 is 46.6 Å². The number of halogens is 3. The highest BCUT2D eigenvalue weighted by molar-refractivity contribution is 6.43. The number of carbonyl (C=O) groups excluding carboxylic acids is 2. The van der Waals surface area contributed by atoms with Crippen molar-refractivity contribution in [2.45, 2.75) is 12.3 Å². The van der Waals surface area contributed by atoms with E-state index in [9.17, 15) is 14.9 Å². The number of nitriles is 1. The lowest BCUT2D eigenvalue weighted by Crippen LogP contribution is -2.46. The van der Waals surface area contributed by atoms with Crippen molar-refractivity contribution in [1.29, 1.82) is 5.26 Å².